The van der Waals surface area contributed by atoms with Gasteiger partial charge in [0.15, 0.2) is 0 Å². The topological polar surface area (TPSA) is 66.9 Å². The van der Waals surface area contributed by atoms with E-state index in [0.717, 1.165) is 15.7 Å². The van der Waals surface area contributed by atoms with Crippen LogP contribution in [0.1, 0.15) is 15.9 Å². The van der Waals surface area contributed by atoms with E-state index in [-0.39, 0.29) is 5.91 Å². The summed E-state index contributed by atoms with van der Waals surface area (Å²) in [5.74, 6) is 0.464. The fourth-order valence-corrected chi connectivity index (χ4v) is 2.37. The molecular formula is C18H15BrN4O. The molecule has 2 heterocycles. The summed E-state index contributed by atoms with van der Waals surface area (Å²) in [4.78, 5) is 20.5. The number of nitrogens with zero attached hydrogens (tertiary/aromatic N) is 2. The Morgan fingerprint density at radius 2 is 1.92 bits per heavy atom. The molecule has 5 nitrogen and oxygen atoms in total. The van der Waals surface area contributed by atoms with Crippen LogP contribution >= 0.6 is 15.9 Å². The summed E-state index contributed by atoms with van der Waals surface area (Å²) in [6.07, 6.45) is 5.04. The van der Waals surface area contributed by atoms with Gasteiger partial charge in [-0.25, -0.2) is 4.98 Å². The molecule has 1 aromatic carbocycles. The SMILES string of the molecule is O=C(NCc1cccnc1)c1ccnc(Nc2ccc(Br)cc2)c1. The maximum absolute atomic E-state index is 12.3. The number of benzene rings is 1. The predicted molar refractivity (Wildman–Crippen MR) is 97.1 cm³/mol. The van der Waals surface area contributed by atoms with Crippen LogP contribution in [0.2, 0.25) is 0 Å². The van der Waals surface area contributed by atoms with Crippen LogP contribution in [0.4, 0.5) is 11.5 Å². The number of halogens is 1. The van der Waals surface area contributed by atoms with Gasteiger partial charge in [0.2, 0.25) is 0 Å². The highest BCUT2D eigenvalue weighted by molar-refractivity contribution is 9.10. The number of amides is 1. The van der Waals surface area contributed by atoms with E-state index in [1.807, 2.05) is 36.4 Å². The Labute approximate surface area is 148 Å². The Kier molecular flexibility index (Phi) is 5.18. The lowest BCUT2D eigenvalue weighted by atomic mass is 10.2. The van der Waals surface area contributed by atoms with Crippen LogP contribution in [0.3, 0.4) is 0 Å². The van der Waals surface area contributed by atoms with Gasteiger partial charge in [0.05, 0.1) is 0 Å². The van der Waals surface area contributed by atoms with Crippen LogP contribution in [0.15, 0.2) is 71.6 Å². The number of carbonyl (C=O) groups is 1. The van der Waals surface area contributed by atoms with Gasteiger partial charge in [0.1, 0.15) is 5.82 Å². The zero-order valence-corrected chi connectivity index (χ0v) is 14.3. The predicted octanol–water partition coefficient (Wildman–Crippen LogP) is 3.91. The normalized spacial score (nSPS) is 10.2. The lowest BCUT2D eigenvalue weighted by molar-refractivity contribution is 0.0951. The van der Waals surface area contributed by atoms with Crippen molar-refractivity contribution in [3.05, 3.63) is 82.7 Å². The molecule has 0 saturated carbocycles. The van der Waals surface area contributed by atoms with Crippen LogP contribution in [-0.2, 0) is 6.54 Å². The van der Waals surface area contributed by atoms with Gasteiger partial charge in [-0.3, -0.25) is 9.78 Å². The molecule has 0 aliphatic heterocycles. The van der Waals surface area contributed by atoms with Gasteiger partial charge in [0.25, 0.3) is 5.91 Å². The Balaban J connectivity index is 1.65. The molecule has 0 spiro atoms. The number of hydrogen-bond donors (Lipinski definition) is 2. The Hall–Kier alpha value is -2.73. The third-order valence-electron chi connectivity index (χ3n) is 3.31. The number of anilines is 2. The van der Waals surface area contributed by atoms with Gasteiger partial charge in [-0.1, -0.05) is 22.0 Å². The molecule has 0 aliphatic rings. The molecule has 2 aromatic heterocycles. The first-order chi connectivity index (χ1) is 11.7. The van der Waals surface area contributed by atoms with Crippen LogP contribution in [0.25, 0.3) is 0 Å². The van der Waals surface area contributed by atoms with Crippen LogP contribution in [0.5, 0.6) is 0 Å². The monoisotopic (exact) mass is 382 g/mol. The largest absolute Gasteiger partial charge is 0.348 e. The molecule has 0 atom stereocenters. The molecule has 120 valence electrons. The zero-order chi connectivity index (χ0) is 16.8. The molecular weight excluding hydrogens is 368 g/mol. The van der Waals surface area contributed by atoms with E-state index < -0.39 is 0 Å². The summed E-state index contributed by atoms with van der Waals surface area (Å²) in [6.45, 7) is 0.435. The maximum Gasteiger partial charge on any atom is 0.251 e. The molecule has 1 amide bonds. The van der Waals surface area contributed by atoms with Gasteiger partial charge in [-0.2, -0.15) is 0 Å². The van der Waals surface area contributed by atoms with Crippen molar-refractivity contribution in [1.82, 2.24) is 15.3 Å². The van der Waals surface area contributed by atoms with Crippen LogP contribution in [0, 0.1) is 0 Å². The first kappa shape index (κ1) is 16.1. The Morgan fingerprint density at radius 1 is 1.08 bits per heavy atom. The van der Waals surface area contributed by atoms with Crippen molar-refractivity contribution in [3.8, 4) is 0 Å². The highest BCUT2D eigenvalue weighted by Crippen LogP contribution is 2.18. The number of rotatable bonds is 5. The van der Waals surface area contributed by atoms with Gasteiger partial charge in [0, 0.05) is 40.9 Å². The second-order valence-electron chi connectivity index (χ2n) is 5.11. The average Bonchev–Trinajstić information content (AvgIpc) is 2.63. The second-order valence-corrected chi connectivity index (χ2v) is 6.02. The molecule has 0 aliphatic carbocycles. The summed E-state index contributed by atoms with van der Waals surface area (Å²) in [7, 11) is 0. The zero-order valence-electron chi connectivity index (χ0n) is 12.7. The second kappa shape index (κ2) is 7.70. The molecule has 24 heavy (non-hydrogen) atoms. The Morgan fingerprint density at radius 3 is 2.67 bits per heavy atom. The molecule has 2 N–H and O–H groups in total. The van der Waals surface area contributed by atoms with Crippen molar-refractivity contribution >= 4 is 33.3 Å². The molecule has 0 radical (unpaired) electrons. The molecule has 6 heteroatoms. The molecule has 0 unspecified atom stereocenters. The van der Waals surface area contributed by atoms with Gasteiger partial charge in [-0.15, -0.1) is 0 Å². The molecule has 3 rings (SSSR count). The summed E-state index contributed by atoms with van der Waals surface area (Å²) < 4.78 is 1.00. The summed E-state index contributed by atoms with van der Waals surface area (Å²) in [5, 5.41) is 6.05. The minimum absolute atomic E-state index is 0.153. The number of hydrogen-bond acceptors (Lipinski definition) is 4. The molecule has 0 bridgehead atoms. The quantitative estimate of drug-likeness (QED) is 0.701. The fraction of sp³-hybridized carbons (Fsp3) is 0.0556. The lowest BCUT2D eigenvalue weighted by Gasteiger charge is -2.08. The van der Waals surface area contributed by atoms with Gasteiger partial charge in [-0.05, 0) is 48.0 Å². The number of aromatic nitrogens is 2. The van der Waals surface area contributed by atoms with Crippen LogP contribution < -0.4 is 10.6 Å². The van der Waals surface area contributed by atoms with E-state index in [2.05, 4.69) is 36.5 Å². The van der Waals surface area contributed by atoms with Gasteiger partial charge >= 0.3 is 0 Å². The standard InChI is InChI=1S/C18H15BrN4O/c19-15-3-5-16(6-4-15)23-17-10-14(7-9-21-17)18(24)22-12-13-2-1-8-20-11-13/h1-11H,12H2,(H,21,23)(H,22,24). The summed E-state index contributed by atoms with van der Waals surface area (Å²) >= 11 is 3.40. The van der Waals surface area contributed by atoms with E-state index in [1.54, 1.807) is 30.7 Å². The number of carbonyl (C=O) groups excluding carboxylic acids is 1. The van der Waals surface area contributed by atoms with E-state index in [0.29, 0.717) is 17.9 Å². The number of pyridine rings is 2. The molecule has 0 saturated heterocycles. The Bertz CT molecular complexity index is 822. The van der Waals surface area contributed by atoms with Crippen molar-refractivity contribution in [2.45, 2.75) is 6.54 Å². The van der Waals surface area contributed by atoms with Gasteiger partial charge < -0.3 is 10.6 Å². The van der Waals surface area contributed by atoms with Crippen molar-refractivity contribution in [2.24, 2.45) is 0 Å². The third kappa shape index (κ3) is 4.39. The van der Waals surface area contributed by atoms with E-state index in [4.69, 9.17) is 0 Å². The highest BCUT2D eigenvalue weighted by atomic mass is 79.9. The summed E-state index contributed by atoms with van der Waals surface area (Å²) in [6, 6.07) is 14.9. The minimum Gasteiger partial charge on any atom is -0.348 e. The third-order valence-corrected chi connectivity index (χ3v) is 3.84. The van der Waals surface area contributed by atoms with Crippen LogP contribution in [-0.4, -0.2) is 15.9 Å². The maximum atomic E-state index is 12.3. The highest BCUT2D eigenvalue weighted by Gasteiger charge is 2.07. The van der Waals surface area contributed by atoms with Crippen molar-refractivity contribution in [1.29, 1.82) is 0 Å². The number of nitrogens with one attached hydrogen (secondary N) is 2. The van der Waals surface area contributed by atoms with E-state index >= 15 is 0 Å². The minimum atomic E-state index is -0.153. The van der Waals surface area contributed by atoms with Crippen molar-refractivity contribution in [3.63, 3.8) is 0 Å². The molecule has 0 fully saturated rings. The summed E-state index contributed by atoms with van der Waals surface area (Å²) in [5.41, 5.74) is 2.40. The smallest absolute Gasteiger partial charge is 0.251 e. The first-order valence-corrected chi connectivity index (χ1v) is 8.16. The average molecular weight is 383 g/mol. The molecule has 3 aromatic rings. The first-order valence-electron chi connectivity index (χ1n) is 7.36. The van der Waals surface area contributed by atoms with Crippen molar-refractivity contribution in [2.75, 3.05) is 5.32 Å². The fourth-order valence-electron chi connectivity index (χ4n) is 2.11. The van der Waals surface area contributed by atoms with Crippen molar-refractivity contribution < 1.29 is 4.79 Å². The van der Waals surface area contributed by atoms with E-state index in [9.17, 15) is 4.79 Å². The lowest BCUT2D eigenvalue weighted by Crippen LogP contribution is -2.23. The van der Waals surface area contributed by atoms with E-state index in [1.165, 1.54) is 0 Å².